The zero-order valence-electron chi connectivity index (χ0n) is 18.8. The van der Waals surface area contributed by atoms with Crippen molar-refractivity contribution in [2.75, 3.05) is 19.6 Å². The second kappa shape index (κ2) is 10.9. The number of benzene rings is 3. The average Bonchev–Trinajstić information content (AvgIpc) is 2.88. The van der Waals surface area contributed by atoms with Gasteiger partial charge in [0.1, 0.15) is 5.60 Å². The number of aliphatic hydroxyl groups excluding tert-OH is 1. The van der Waals surface area contributed by atoms with Crippen LogP contribution in [0.1, 0.15) is 54.9 Å². The van der Waals surface area contributed by atoms with Crippen LogP contribution in [0, 0.1) is 5.92 Å². The number of unbranched alkanes of at least 4 members (excludes halogenated alkanes) is 1. The Bertz CT molecular complexity index is 882. The first-order valence-corrected chi connectivity index (χ1v) is 12.0. The summed E-state index contributed by atoms with van der Waals surface area (Å²) in [5.41, 5.74) is 2.03. The molecule has 0 saturated carbocycles. The van der Waals surface area contributed by atoms with Crippen LogP contribution in [-0.2, 0) is 5.60 Å². The Hall–Kier alpha value is -2.46. The fourth-order valence-corrected chi connectivity index (χ4v) is 5.11. The molecular weight excluding hydrogens is 394 g/mol. The van der Waals surface area contributed by atoms with Gasteiger partial charge < -0.3 is 15.1 Å². The Kier molecular flexibility index (Phi) is 7.75. The predicted octanol–water partition coefficient (Wildman–Crippen LogP) is 5.54. The Balaban J connectivity index is 1.31. The van der Waals surface area contributed by atoms with E-state index in [-0.39, 0.29) is 12.0 Å². The average molecular weight is 430 g/mol. The number of rotatable bonds is 9. The molecule has 2 N–H and O–H groups in total. The lowest BCUT2D eigenvalue weighted by Gasteiger charge is -2.42. The Morgan fingerprint density at radius 2 is 1.25 bits per heavy atom. The van der Waals surface area contributed by atoms with Crippen LogP contribution in [-0.4, -0.2) is 34.7 Å². The Morgan fingerprint density at radius 3 is 1.78 bits per heavy atom. The van der Waals surface area contributed by atoms with Gasteiger partial charge in [-0.2, -0.15) is 0 Å². The van der Waals surface area contributed by atoms with Gasteiger partial charge in [0, 0.05) is 0 Å². The van der Waals surface area contributed by atoms with Crippen LogP contribution in [0.2, 0.25) is 0 Å². The van der Waals surface area contributed by atoms with Crippen molar-refractivity contribution >= 4 is 0 Å². The van der Waals surface area contributed by atoms with E-state index in [1.54, 1.807) is 0 Å². The van der Waals surface area contributed by atoms with Gasteiger partial charge >= 0.3 is 0 Å². The third kappa shape index (κ3) is 5.29. The largest absolute Gasteiger partial charge is 0.388 e. The smallest absolute Gasteiger partial charge is 0.117 e. The first-order valence-electron chi connectivity index (χ1n) is 12.0. The van der Waals surface area contributed by atoms with E-state index in [1.807, 2.05) is 66.7 Å². The molecule has 0 bridgehead atoms. The number of nitrogens with zero attached hydrogens (tertiary/aromatic N) is 1. The lowest BCUT2D eigenvalue weighted by Crippen LogP contribution is -2.44. The molecule has 1 unspecified atom stereocenters. The third-order valence-electron chi connectivity index (χ3n) is 6.99. The van der Waals surface area contributed by atoms with Crippen molar-refractivity contribution in [1.29, 1.82) is 0 Å². The Labute approximate surface area is 192 Å². The molecule has 3 heteroatoms. The maximum Gasteiger partial charge on any atom is 0.117 e. The van der Waals surface area contributed by atoms with Gasteiger partial charge in [0.25, 0.3) is 0 Å². The summed E-state index contributed by atoms with van der Waals surface area (Å²) in [6.45, 7) is 3.07. The maximum atomic E-state index is 12.0. The van der Waals surface area contributed by atoms with E-state index in [9.17, 15) is 10.2 Å². The molecule has 0 aliphatic carbocycles. The molecule has 0 amide bonds. The highest BCUT2D eigenvalue weighted by molar-refractivity contribution is 5.37. The van der Waals surface area contributed by atoms with Gasteiger partial charge in [0.15, 0.2) is 0 Å². The molecule has 168 valence electrons. The minimum atomic E-state index is -0.950. The summed E-state index contributed by atoms with van der Waals surface area (Å²) in [6, 6.07) is 30.2. The van der Waals surface area contributed by atoms with Crippen LogP contribution in [0.25, 0.3) is 0 Å². The maximum absolute atomic E-state index is 12.0. The van der Waals surface area contributed by atoms with Gasteiger partial charge in [-0.3, -0.25) is 0 Å². The molecule has 1 atom stereocenters. The van der Waals surface area contributed by atoms with Crippen molar-refractivity contribution < 1.29 is 10.2 Å². The molecule has 1 aliphatic heterocycles. The van der Waals surface area contributed by atoms with E-state index in [0.717, 1.165) is 68.4 Å². The standard InChI is InChI=1S/C29H35NO2/c31-28(24-12-4-1-5-13-24)18-10-11-21-30-22-19-27(20-23-30)29(32,25-14-6-2-7-15-25)26-16-8-3-9-17-26/h1-9,12-17,27-28,31-32H,10-11,18-23H2. The number of hydrogen-bond acceptors (Lipinski definition) is 3. The highest BCUT2D eigenvalue weighted by atomic mass is 16.3. The van der Waals surface area contributed by atoms with Crippen LogP contribution in [0.4, 0.5) is 0 Å². The highest BCUT2D eigenvalue weighted by Crippen LogP contribution is 2.41. The second-order valence-electron chi connectivity index (χ2n) is 9.04. The lowest BCUT2D eigenvalue weighted by atomic mass is 9.72. The van der Waals surface area contributed by atoms with E-state index < -0.39 is 5.60 Å². The van der Waals surface area contributed by atoms with Gasteiger partial charge in [-0.15, -0.1) is 0 Å². The van der Waals surface area contributed by atoms with Crippen LogP contribution < -0.4 is 0 Å². The molecule has 4 rings (SSSR count). The van der Waals surface area contributed by atoms with Crippen molar-refractivity contribution in [3.63, 3.8) is 0 Å². The second-order valence-corrected chi connectivity index (χ2v) is 9.04. The molecule has 3 nitrogen and oxygen atoms in total. The molecule has 1 saturated heterocycles. The van der Waals surface area contributed by atoms with Crippen LogP contribution in [0.15, 0.2) is 91.0 Å². The van der Waals surface area contributed by atoms with Crippen molar-refractivity contribution in [2.45, 2.75) is 43.8 Å². The van der Waals surface area contributed by atoms with E-state index in [0.29, 0.717) is 0 Å². The summed E-state index contributed by atoms with van der Waals surface area (Å²) in [5, 5.41) is 22.4. The quantitative estimate of drug-likeness (QED) is 0.439. The predicted molar refractivity (Wildman–Crippen MR) is 130 cm³/mol. The lowest BCUT2D eigenvalue weighted by molar-refractivity contribution is -0.0144. The van der Waals surface area contributed by atoms with Gasteiger partial charge in [-0.05, 0) is 74.3 Å². The van der Waals surface area contributed by atoms with Crippen LogP contribution in [0.5, 0.6) is 0 Å². The molecule has 1 fully saturated rings. The SMILES string of the molecule is OC(CCCCN1CCC(C(O)(c2ccccc2)c2ccccc2)CC1)c1ccccc1. The topological polar surface area (TPSA) is 43.7 Å². The molecule has 3 aromatic rings. The van der Waals surface area contributed by atoms with Crippen molar-refractivity contribution in [1.82, 2.24) is 4.90 Å². The molecule has 0 radical (unpaired) electrons. The monoisotopic (exact) mass is 429 g/mol. The molecule has 3 aromatic carbocycles. The summed E-state index contributed by atoms with van der Waals surface area (Å²) < 4.78 is 0. The van der Waals surface area contributed by atoms with Crippen molar-refractivity contribution in [3.8, 4) is 0 Å². The first-order chi connectivity index (χ1) is 15.7. The zero-order valence-corrected chi connectivity index (χ0v) is 18.8. The van der Waals surface area contributed by atoms with E-state index in [2.05, 4.69) is 29.2 Å². The van der Waals surface area contributed by atoms with Crippen LogP contribution in [0.3, 0.4) is 0 Å². The fourth-order valence-electron chi connectivity index (χ4n) is 5.11. The fraction of sp³-hybridized carbons (Fsp3) is 0.379. The molecule has 1 heterocycles. The van der Waals surface area contributed by atoms with Gasteiger partial charge in [-0.25, -0.2) is 0 Å². The number of likely N-dealkylation sites (tertiary alicyclic amines) is 1. The minimum Gasteiger partial charge on any atom is -0.388 e. The van der Waals surface area contributed by atoms with Gasteiger partial charge in [0.05, 0.1) is 6.10 Å². The summed E-state index contributed by atoms with van der Waals surface area (Å²) in [7, 11) is 0. The first kappa shape index (κ1) is 22.7. The van der Waals surface area contributed by atoms with E-state index in [4.69, 9.17) is 0 Å². The minimum absolute atomic E-state index is 0.198. The summed E-state index contributed by atoms with van der Waals surface area (Å²) in [4.78, 5) is 2.52. The van der Waals surface area contributed by atoms with Gasteiger partial charge in [-0.1, -0.05) is 91.0 Å². The molecule has 0 spiro atoms. The number of hydrogen-bond donors (Lipinski definition) is 2. The molecule has 1 aliphatic rings. The van der Waals surface area contributed by atoms with Crippen LogP contribution >= 0.6 is 0 Å². The van der Waals surface area contributed by atoms with Crippen molar-refractivity contribution in [2.24, 2.45) is 5.92 Å². The Morgan fingerprint density at radius 1 is 0.750 bits per heavy atom. The number of piperidine rings is 1. The highest BCUT2D eigenvalue weighted by Gasteiger charge is 2.41. The van der Waals surface area contributed by atoms with E-state index >= 15 is 0 Å². The summed E-state index contributed by atoms with van der Waals surface area (Å²) >= 11 is 0. The molecular formula is C29H35NO2. The zero-order chi connectivity index (χ0) is 22.2. The molecule has 0 aromatic heterocycles. The summed E-state index contributed by atoms with van der Waals surface area (Å²) in [6.07, 6.45) is 4.51. The normalized spacial score (nSPS) is 16.7. The van der Waals surface area contributed by atoms with Gasteiger partial charge in [0.2, 0.25) is 0 Å². The third-order valence-corrected chi connectivity index (χ3v) is 6.99. The summed E-state index contributed by atoms with van der Waals surface area (Å²) in [5.74, 6) is 0.198. The van der Waals surface area contributed by atoms with E-state index in [1.165, 1.54) is 0 Å². The van der Waals surface area contributed by atoms with Crippen molar-refractivity contribution in [3.05, 3.63) is 108 Å². The number of aliphatic hydroxyl groups is 2. The molecule has 32 heavy (non-hydrogen) atoms.